The summed E-state index contributed by atoms with van der Waals surface area (Å²) in [5, 5.41) is 26.9. The highest BCUT2D eigenvalue weighted by Gasteiger charge is 2.41. The molecule has 0 saturated carbocycles. The fourth-order valence-electron chi connectivity index (χ4n) is 22.9. The molecule has 2 aliphatic carbocycles. The van der Waals surface area contributed by atoms with E-state index in [0.717, 1.165) is 0 Å². The lowest BCUT2D eigenvalue weighted by atomic mass is 9.82. The average Bonchev–Trinajstić information content (AvgIpc) is 1.43. The van der Waals surface area contributed by atoms with Gasteiger partial charge in [-0.2, -0.15) is 0 Å². The van der Waals surface area contributed by atoms with Gasteiger partial charge in [-0.3, -0.25) is 0 Å². The summed E-state index contributed by atoms with van der Waals surface area (Å²) < 4.78 is 0. The third-order valence-electron chi connectivity index (χ3n) is 29.2. The zero-order valence-corrected chi connectivity index (χ0v) is 73.6. The van der Waals surface area contributed by atoms with E-state index < -0.39 is 16.1 Å². The van der Waals surface area contributed by atoms with Crippen LogP contribution in [0.25, 0.3) is 253 Å². The molecule has 596 valence electrons. The first-order valence-electron chi connectivity index (χ1n) is 45.1. The van der Waals surface area contributed by atoms with Gasteiger partial charge in [0.15, 0.2) is 0 Å². The van der Waals surface area contributed by atoms with Crippen LogP contribution in [-0.2, 0) is 0 Å². The van der Waals surface area contributed by atoms with E-state index in [1.165, 1.54) is 274 Å². The zero-order chi connectivity index (χ0) is 84.8. The second-order valence-electron chi connectivity index (χ2n) is 36.7. The number of benzene rings is 23. The SMILES string of the molecule is C[Si]1(C)c2cc(-c3ccc4cc(-c5ccccc5)ccc4c3)ccc2-c2cc3c(-c4ccc(-c5ccccc5)cc4)c4ccccc4c(-c4ccc(-c5ccccc5)cc4)c3cc21.C[Si]1(C)c2cc(-c3ccc4ccccc4c3)ccc2-c2cc3c(-c4ccc5c6c(cccc46)-c4ccccc4-5)c4ccccc4c(-c4ccc5c6c(cccc46)-c4ccccc4-5)c3cc21. The molecule has 27 rings (SSSR count). The molecule has 0 fully saturated rings. The van der Waals surface area contributed by atoms with Gasteiger partial charge in [0.1, 0.15) is 16.1 Å². The predicted octanol–water partition coefficient (Wildman–Crippen LogP) is 32.5. The molecule has 0 N–H and O–H groups in total. The van der Waals surface area contributed by atoms with Gasteiger partial charge in [-0.1, -0.05) is 433 Å². The lowest BCUT2D eigenvalue weighted by Gasteiger charge is -2.23. The van der Waals surface area contributed by atoms with Crippen molar-refractivity contribution >= 4 is 123 Å². The first kappa shape index (κ1) is 74.0. The third kappa shape index (κ3) is 11.3. The Bertz CT molecular complexity index is 8630. The Balaban J connectivity index is 0.000000136. The van der Waals surface area contributed by atoms with Crippen LogP contribution in [0.4, 0.5) is 0 Å². The molecule has 0 amide bonds. The highest BCUT2D eigenvalue weighted by molar-refractivity contribution is 7.04. The maximum Gasteiger partial charge on any atom is 0.113 e. The average molecular weight is 1650 g/mol. The molecule has 0 atom stereocenters. The van der Waals surface area contributed by atoms with Crippen LogP contribution >= 0.6 is 0 Å². The molecule has 0 radical (unpaired) electrons. The summed E-state index contributed by atoms with van der Waals surface area (Å²) in [7, 11) is -4.34. The van der Waals surface area contributed by atoms with E-state index >= 15 is 0 Å². The molecule has 0 saturated heterocycles. The summed E-state index contributed by atoms with van der Waals surface area (Å²) in [6, 6.07) is 165. The Morgan fingerprint density at radius 1 is 0.125 bits per heavy atom. The van der Waals surface area contributed by atoms with Gasteiger partial charge in [0.25, 0.3) is 0 Å². The van der Waals surface area contributed by atoms with Crippen molar-refractivity contribution in [3.63, 3.8) is 0 Å². The molecule has 0 unspecified atom stereocenters. The topological polar surface area (TPSA) is 0 Å². The van der Waals surface area contributed by atoms with Gasteiger partial charge >= 0.3 is 0 Å². The Labute approximate surface area is 747 Å². The molecule has 128 heavy (non-hydrogen) atoms. The molecule has 0 nitrogen and oxygen atoms in total. The van der Waals surface area contributed by atoms with Gasteiger partial charge < -0.3 is 0 Å². The summed E-state index contributed by atoms with van der Waals surface area (Å²) in [6.07, 6.45) is 0. The molecular weight excluding hydrogens is 1570 g/mol. The smallest absolute Gasteiger partial charge is 0.0622 e. The monoisotopic (exact) mass is 1650 g/mol. The van der Waals surface area contributed by atoms with Gasteiger partial charge in [-0.15, -0.1) is 0 Å². The van der Waals surface area contributed by atoms with Gasteiger partial charge in [-0.05, 0) is 304 Å². The maximum absolute atomic E-state index is 2.66. The summed E-state index contributed by atoms with van der Waals surface area (Å²) >= 11 is 0. The van der Waals surface area contributed by atoms with Crippen molar-refractivity contribution in [3.05, 3.63) is 437 Å². The van der Waals surface area contributed by atoms with E-state index in [1.54, 1.807) is 0 Å². The minimum Gasteiger partial charge on any atom is -0.0622 e. The van der Waals surface area contributed by atoms with Crippen molar-refractivity contribution in [2.75, 3.05) is 0 Å². The second kappa shape index (κ2) is 28.6. The van der Waals surface area contributed by atoms with E-state index in [1.807, 2.05) is 0 Å². The fraction of sp³-hybridized carbons (Fsp3) is 0.0317. The molecule has 2 heteroatoms. The van der Waals surface area contributed by atoms with Crippen LogP contribution in [0, 0.1) is 0 Å². The van der Waals surface area contributed by atoms with E-state index in [4.69, 9.17) is 0 Å². The van der Waals surface area contributed by atoms with E-state index in [9.17, 15) is 0 Å². The van der Waals surface area contributed by atoms with Crippen molar-refractivity contribution < 1.29 is 0 Å². The van der Waals surface area contributed by atoms with Gasteiger partial charge in [0.2, 0.25) is 0 Å². The standard InChI is InChI=1S/C64H40Si.C62H44Si/c1-65(2)59-34-40(39-26-25-37-13-3-4-14-38(37)33-39)27-28-45(59)56-35-57-58(36-60(56)65)64(55-32-30-53-44-18-8-6-16-42(44)47-22-12-24-51(55)62(47)53)49-20-10-9-19-48(49)63(57)54-31-29-52-43-17-7-5-15-41(43)46-21-11-23-50(54)61(46)52;1-63(2)59-38-52(51-33-32-49-36-48(30-31-50(49)37-51)43-18-10-5-11-19-43)34-35-53(59)56-39-57-58(40-60(56)63)62(47-28-24-45(25-29-47)42-16-8-4-9-17-42)55-21-13-12-20-54(55)61(57)46-26-22-44(23-27-46)41-14-6-3-7-15-41/h3-36H,1-2H3;3-40H,1-2H3. The van der Waals surface area contributed by atoms with Crippen LogP contribution in [0.3, 0.4) is 0 Å². The maximum atomic E-state index is 2.66. The molecular formula is C126H84Si2. The summed E-state index contributed by atoms with van der Waals surface area (Å²) in [6.45, 7) is 10.3. The molecule has 0 aromatic heterocycles. The number of hydrogen-bond acceptors (Lipinski definition) is 0. The zero-order valence-electron chi connectivity index (χ0n) is 71.6. The number of fused-ring (bicyclic) bond motifs is 18. The summed E-state index contributed by atoms with van der Waals surface area (Å²) in [4.78, 5) is 0. The van der Waals surface area contributed by atoms with Gasteiger partial charge in [-0.25, -0.2) is 0 Å². The fourth-order valence-corrected chi connectivity index (χ4v) is 29.1. The van der Waals surface area contributed by atoms with Crippen LogP contribution in [0.1, 0.15) is 0 Å². The van der Waals surface area contributed by atoms with E-state index in [2.05, 4.69) is 463 Å². The lowest BCUT2D eigenvalue weighted by molar-refractivity contribution is 1.60. The van der Waals surface area contributed by atoms with Crippen molar-refractivity contribution in [3.8, 4) is 167 Å². The second-order valence-corrected chi connectivity index (χ2v) is 45.4. The minimum atomic E-state index is -2.20. The molecule has 23 aromatic carbocycles. The van der Waals surface area contributed by atoms with Crippen LogP contribution in [0.15, 0.2) is 437 Å². The molecule has 23 aromatic rings. The first-order valence-corrected chi connectivity index (χ1v) is 51.1. The third-order valence-corrected chi connectivity index (χ3v) is 36.2. The summed E-state index contributed by atoms with van der Waals surface area (Å²) in [5.41, 5.74) is 39.1. The van der Waals surface area contributed by atoms with Crippen LogP contribution in [0.2, 0.25) is 26.2 Å². The molecule has 0 spiro atoms. The normalized spacial score (nSPS) is 13.1. The Kier molecular flexibility index (Phi) is 16.5. The first-order chi connectivity index (χ1) is 63.0. The molecule has 0 bridgehead atoms. The van der Waals surface area contributed by atoms with E-state index in [-0.39, 0.29) is 0 Å². The van der Waals surface area contributed by atoms with Crippen LogP contribution in [0.5, 0.6) is 0 Å². The highest BCUT2D eigenvalue weighted by atomic mass is 28.3. The van der Waals surface area contributed by atoms with Crippen molar-refractivity contribution in [1.82, 2.24) is 0 Å². The van der Waals surface area contributed by atoms with Crippen LogP contribution < -0.4 is 20.7 Å². The summed E-state index contributed by atoms with van der Waals surface area (Å²) in [5.74, 6) is 0. The quantitative estimate of drug-likeness (QED) is 0.0998. The molecule has 2 aliphatic heterocycles. The largest absolute Gasteiger partial charge is 0.113 e. The predicted molar refractivity (Wildman–Crippen MR) is 555 cm³/mol. The number of hydrogen-bond donors (Lipinski definition) is 0. The number of rotatable bonds is 9. The van der Waals surface area contributed by atoms with E-state index in [0.29, 0.717) is 0 Å². The molecule has 4 aliphatic rings. The molecule has 2 heterocycles. The van der Waals surface area contributed by atoms with Crippen molar-refractivity contribution in [2.24, 2.45) is 0 Å². The van der Waals surface area contributed by atoms with Gasteiger partial charge in [0.05, 0.1) is 0 Å². The lowest BCUT2D eigenvalue weighted by Crippen LogP contribution is -2.49. The minimum absolute atomic E-state index is 1.23. The Morgan fingerprint density at radius 2 is 0.375 bits per heavy atom. The Hall–Kier alpha value is -15.4. The highest BCUT2D eigenvalue weighted by Crippen LogP contribution is 2.57. The van der Waals surface area contributed by atoms with Crippen molar-refractivity contribution in [2.45, 2.75) is 26.2 Å². The van der Waals surface area contributed by atoms with Crippen LogP contribution in [-0.4, -0.2) is 16.1 Å². The Morgan fingerprint density at radius 3 is 0.805 bits per heavy atom. The van der Waals surface area contributed by atoms with Crippen molar-refractivity contribution in [1.29, 1.82) is 0 Å². The van der Waals surface area contributed by atoms with Gasteiger partial charge in [0, 0.05) is 0 Å².